The first kappa shape index (κ1) is 19.6. The van der Waals surface area contributed by atoms with Gasteiger partial charge in [-0.05, 0) is 31.5 Å². The van der Waals surface area contributed by atoms with E-state index in [2.05, 4.69) is 10.3 Å². The van der Waals surface area contributed by atoms with Crippen LogP contribution in [-0.4, -0.2) is 53.6 Å². The minimum absolute atomic E-state index is 0.00637. The van der Waals surface area contributed by atoms with Crippen molar-refractivity contribution in [1.82, 2.24) is 20.2 Å². The van der Waals surface area contributed by atoms with Crippen LogP contribution >= 0.6 is 0 Å². The van der Waals surface area contributed by atoms with Crippen molar-refractivity contribution in [2.75, 3.05) is 26.7 Å². The highest BCUT2D eigenvalue weighted by Gasteiger charge is 2.30. The van der Waals surface area contributed by atoms with Gasteiger partial charge in [0.05, 0.1) is 12.8 Å². The highest BCUT2D eigenvalue weighted by Crippen LogP contribution is 2.28. The SMILES string of the molecule is CC[C@@H](Oc1ccccc1OC)C(=O)N1CCc2nc([C@H]3CCNC3)ncc2C1. The quantitative estimate of drug-likeness (QED) is 0.808. The van der Waals surface area contributed by atoms with E-state index in [1.807, 2.05) is 42.3 Å². The molecule has 0 saturated carbocycles. The number of para-hydroxylation sites is 2. The smallest absolute Gasteiger partial charge is 0.263 e. The zero-order chi connectivity index (χ0) is 20.2. The molecule has 2 aromatic rings. The standard InChI is InChI=1S/C22H28N4O3/c1-3-18(29-20-7-5-4-6-19(20)28-2)22(27)26-11-9-17-16(14-26)13-24-21(25-17)15-8-10-23-12-15/h4-7,13,15,18,23H,3,8-12,14H2,1-2H3/t15-,18+/m0/s1. The molecule has 1 fully saturated rings. The van der Waals surface area contributed by atoms with Crippen LogP contribution in [0.25, 0.3) is 0 Å². The molecule has 1 amide bonds. The fraction of sp³-hybridized carbons (Fsp3) is 0.500. The van der Waals surface area contributed by atoms with E-state index in [-0.39, 0.29) is 5.91 Å². The minimum Gasteiger partial charge on any atom is -0.493 e. The van der Waals surface area contributed by atoms with Crippen LogP contribution in [0.3, 0.4) is 0 Å². The van der Waals surface area contributed by atoms with Crippen molar-refractivity contribution in [2.24, 2.45) is 0 Å². The molecule has 0 radical (unpaired) electrons. The van der Waals surface area contributed by atoms with Crippen molar-refractivity contribution in [3.8, 4) is 11.5 Å². The summed E-state index contributed by atoms with van der Waals surface area (Å²) in [5.74, 6) is 2.54. The Morgan fingerprint density at radius 2 is 2.17 bits per heavy atom. The summed E-state index contributed by atoms with van der Waals surface area (Å²) < 4.78 is 11.4. The molecule has 2 aliphatic rings. The highest BCUT2D eigenvalue weighted by atomic mass is 16.5. The van der Waals surface area contributed by atoms with Gasteiger partial charge in [-0.1, -0.05) is 19.1 Å². The summed E-state index contributed by atoms with van der Waals surface area (Å²) >= 11 is 0. The molecule has 1 N–H and O–H groups in total. The maximum atomic E-state index is 13.1. The van der Waals surface area contributed by atoms with Crippen LogP contribution < -0.4 is 14.8 Å². The van der Waals surface area contributed by atoms with Gasteiger partial charge in [-0.3, -0.25) is 4.79 Å². The Balaban J connectivity index is 1.45. The van der Waals surface area contributed by atoms with Gasteiger partial charge in [-0.2, -0.15) is 0 Å². The number of rotatable bonds is 6. The average Bonchev–Trinajstić information content (AvgIpc) is 3.31. The number of nitrogens with one attached hydrogen (secondary N) is 1. The predicted octanol–water partition coefficient (Wildman–Crippen LogP) is 2.30. The van der Waals surface area contributed by atoms with Crippen LogP contribution in [0.2, 0.25) is 0 Å². The van der Waals surface area contributed by atoms with Gasteiger partial charge in [0.15, 0.2) is 17.6 Å². The van der Waals surface area contributed by atoms with E-state index in [1.54, 1.807) is 7.11 Å². The normalized spacial score (nSPS) is 19.5. The number of hydrogen-bond donors (Lipinski definition) is 1. The Bertz CT molecular complexity index is 867. The summed E-state index contributed by atoms with van der Waals surface area (Å²) in [4.78, 5) is 24.4. The lowest BCUT2D eigenvalue weighted by Gasteiger charge is -2.31. The molecule has 0 unspecified atom stereocenters. The second-order valence-electron chi connectivity index (χ2n) is 7.57. The molecule has 3 heterocycles. The molecule has 1 aromatic heterocycles. The van der Waals surface area contributed by atoms with E-state index >= 15 is 0 Å². The van der Waals surface area contributed by atoms with Gasteiger partial charge < -0.3 is 19.7 Å². The van der Waals surface area contributed by atoms with Crippen molar-refractivity contribution in [3.63, 3.8) is 0 Å². The Kier molecular flexibility index (Phi) is 5.94. The van der Waals surface area contributed by atoms with Gasteiger partial charge in [-0.25, -0.2) is 9.97 Å². The number of ether oxygens (including phenoxy) is 2. The summed E-state index contributed by atoms with van der Waals surface area (Å²) in [5.41, 5.74) is 2.11. The van der Waals surface area contributed by atoms with Crippen LogP contribution in [0.15, 0.2) is 30.5 Å². The number of amides is 1. The molecule has 7 heteroatoms. The van der Waals surface area contributed by atoms with Crippen molar-refractivity contribution < 1.29 is 14.3 Å². The van der Waals surface area contributed by atoms with Gasteiger partial charge in [0.2, 0.25) is 0 Å². The Labute approximate surface area is 171 Å². The molecule has 2 aliphatic heterocycles. The molecular formula is C22H28N4O3. The third-order valence-electron chi connectivity index (χ3n) is 5.67. The number of benzene rings is 1. The maximum absolute atomic E-state index is 13.1. The molecule has 2 atom stereocenters. The Morgan fingerprint density at radius 1 is 1.34 bits per heavy atom. The predicted molar refractivity (Wildman–Crippen MR) is 109 cm³/mol. The first-order valence-corrected chi connectivity index (χ1v) is 10.3. The molecule has 0 bridgehead atoms. The number of methoxy groups -OCH3 is 1. The Hall–Kier alpha value is -2.67. The average molecular weight is 396 g/mol. The van der Waals surface area contributed by atoms with E-state index in [9.17, 15) is 4.79 Å². The summed E-state index contributed by atoms with van der Waals surface area (Å²) in [5, 5.41) is 3.36. The number of hydrogen-bond acceptors (Lipinski definition) is 6. The molecule has 7 nitrogen and oxygen atoms in total. The van der Waals surface area contributed by atoms with Crippen LogP contribution in [0.5, 0.6) is 11.5 Å². The third kappa shape index (κ3) is 4.19. The van der Waals surface area contributed by atoms with Gasteiger partial charge in [-0.15, -0.1) is 0 Å². The van der Waals surface area contributed by atoms with E-state index in [0.717, 1.165) is 43.0 Å². The number of carbonyl (C=O) groups is 1. The van der Waals surface area contributed by atoms with Crippen LogP contribution in [-0.2, 0) is 17.8 Å². The summed E-state index contributed by atoms with van der Waals surface area (Å²) in [6.45, 7) is 5.11. The minimum atomic E-state index is -0.544. The largest absolute Gasteiger partial charge is 0.493 e. The molecule has 29 heavy (non-hydrogen) atoms. The second-order valence-corrected chi connectivity index (χ2v) is 7.57. The molecule has 4 rings (SSSR count). The number of carbonyl (C=O) groups excluding carboxylic acids is 1. The molecule has 0 aliphatic carbocycles. The van der Waals surface area contributed by atoms with Crippen molar-refractivity contribution in [2.45, 2.75) is 44.8 Å². The van der Waals surface area contributed by atoms with Gasteiger partial charge >= 0.3 is 0 Å². The lowest BCUT2D eigenvalue weighted by molar-refractivity contribution is -0.139. The van der Waals surface area contributed by atoms with Gasteiger partial charge in [0.25, 0.3) is 5.91 Å². The second kappa shape index (κ2) is 8.78. The van der Waals surface area contributed by atoms with Crippen molar-refractivity contribution in [3.05, 3.63) is 47.5 Å². The topological polar surface area (TPSA) is 76.6 Å². The number of aromatic nitrogens is 2. The van der Waals surface area contributed by atoms with Crippen molar-refractivity contribution >= 4 is 5.91 Å². The third-order valence-corrected chi connectivity index (χ3v) is 5.67. The lowest BCUT2D eigenvalue weighted by Crippen LogP contribution is -2.44. The summed E-state index contributed by atoms with van der Waals surface area (Å²) in [6.07, 6.45) is 3.78. The van der Waals surface area contributed by atoms with E-state index in [0.29, 0.717) is 36.9 Å². The van der Waals surface area contributed by atoms with Crippen molar-refractivity contribution in [1.29, 1.82) is 0 Å². The van der Waals surface area contributed by atoms with Gasteiger partial charge in [0, 0.05) is 43.7 Å². The molecule has 1 saturated heterocycles. The molecule has 1 aromatic carbocycles. The number of nitrogens with zero attached hydrogens (tertiary/aromatic N) is 3. The van der Waals surface area contributed by atoms with Crippen LogP contribution in [0.1, 0.15) is 42.8 Å². The zero-order valence-corrected chi connectivity index (χ0v) is 17.1. The van der Waals surface area contributed by atoms with Crippen LogP contribution in [0, 0.1) is 0 Å². The Morgan fingerprint density at radius 3 is 2.90 bits per heavy atom. The molecule has 154 valence electrons. The number of fused-ring (bicyclic) bond motifs is 1. The van der Waals surface area contributed by atoms with Crippen LogP contribution in [0.4, 0.5) is 0 Å². The molecular weight excluding hydrogens is 368 g/mol. The van der Waals surface area contributed by atoms with E-state index in [1.165, 1.54) is 0 Å². The molecule has 0 spiro atoms. The summed E-state index contributed by atoms with van der Waals surface area (Å²) in [6, 6.07) is 7.42. The highest BCUT2D eigenvalue weighted by molar-refractivity contribution is 5.81. The fourth-order valence-electron chi connectivity index (χ4n) is 3.97. The van der Waals surface area contributed by atoms with Gasteiger partial charge in [0.1, 0.15) is 5.82 Å². The fourth-order valence-corrected chi connectivity index (χ4v) is 3.97. The monoisotopic (exact) mass is 396 g/mol. The lowest BCUT2D eigenvalue weighted by atomic mass is 10.0. The maximum Gasteiger partial charge on any atom is 0.263 e. The van der Waals surface area contributed by atoms with E-state index < -0.39 is 6.10 Å². The first-order chi connectivity index (χ1) is 14.2. The zero-order valence-electron chi connectivity index (χ0n) is 17.1. The summed E-state index contributed by atoms with van der Waals surface area (Å²) in [7, 11) is 1.60. The van der Waals surface area contributed by atoms with E-state index in [4.69, 9.17) is 14.5 Å². The first-order valence-electron chi connectivity index (χ1n) is 10.3.